The number of rotatable bonds is 3. The number of nitrogens with zero attached hydrogens (tertiary/aromatic N) is 2. The molecule has 5 aromatic rings. The predicted octanol–water partition coefficient (Wildman–Crippen LogP) is 6.31. The first kappa shape index (κ1) is 19.8. The van der Waals surface area contributed by atoms with Crippen molar-refractivity contribution in [1.29, 1.82) is 0 Å². The van der Waals surface area contributed by atoms with E-state index >= 15 is 0 Å². The van der Waals surface area contributed by atoms with E-state index in [0.29, 0.717) is 0 Å². The summed E-state index contributed by atoms with van der Waals surface area (Å²) < 4.78 is 2.06. The smallest absolute Gasteiger partial charge is 0.256 e. The Morgan fingerprint density at radius 1 is 0.848 bits per heavy atom. The zero-order chi connectivity index (χ0) is 22.4. The van der Waals surface area contributed by atoms with Gasteiger partial charge in [-0.1, -0.05) is 84.9 Å². The van der Waals surface area contributed by atoms with Crippen LogP contribution in [0.1, 0.15) is 33.1 Å². The molecule has 4 aromatic carbocycles. The number of fused-ring (bicyclic) bond motifs is 3. The molecule has 0 aliphatic carbocycles. The number of aryl methyl sites for hydroxylation is 1. The van der Waals surface area contributed by atoms with Gasteiger partial charge in [-0.15, -0.1) is 0 Å². The molecule has 6 rings (SSSR count). The summed E-state index contributed by atoms with van der Waals surface area (Å²) >= 11 is 0. The molecule has 1 atom stereocenters. The second-order valence-electron chi connectivity index (χ2n) is 8.98. The number of hydrogen-bond acceptors (Lipinski definition) is 1. The van der Waals surface area contributed by atoms with Crippen molar-refractivity contribution in [2.45, 2.75) is 18.9 Å². The average Bonchev–Trinajstić information content (AvgIpc) is 3.20. The number of aromatic nitrogens is 1. The molecule has 0 saturated heterocycles. The molecule has 0 radical (unpaired) electrons. The Kier molecular flexibility index (Phi) is 4.76. The normalized spacial score (nSPS) is 15.7. The number of hydrogen-bond donors (Lipinski definition) is 0. The lowest BCUT2D eigenvalue weighted by Crippen LogP contribution is -2.41. The van der Waals surface area contributed by atoms with E-state index in [4.69, 9.17) is 0 Å². The van der Waals surface area contributed by atoms with Crippen molar-refractivity contribution < 1.29 is 4.79 Å². The second-order valence-corrected chi connectivity index (χ2v) is 8.98. The van der Waals surface area contributed by atoms with E-state index < -0.39 is 0 Å². The van der Waals surface area contributed by atoms with Gasteiger partial charge in [-0.25, -0.2) is 0 Å². The van der Waals surface area contributed by atoms with Crippen molar-refractivity contribution in [2.24, 2.45) is 7.05 Å². The van der Waals surface area contributed by atoms with E-state index in [0.717, 1.165) is 35.9 Å². The molecule has 1 aliphatic heterocycles. The second kappa shape index (κ2) is 7.93. The maximum absolute atomic E-state index is 14.0. The van der Waals surface area contributed by atoms with Crippen LogP contribution in [0.5, 0.6) is 0 Å². The van der Waals surface area contributed by atoms with E-state index in [-0.39, 0.29) is 11.9 Å². The lowest BCUT2D eigenvalue weighted by atomic mass is 9.87. The van der Waals surface area contributed by atoms with Crippen LogP contribution in [0, 0.1) is 0 Å². The Morgan fingerprint density at radius 3 is 2.48 bits per heavy atom. The first-order chi connectivity index (χ1) is 16.2. The quantitative estimate of drug-likeness (QED) is 0.329. The summed E-state index contributed by atoms with van der Waals surface area (Å²) in [5.41, 5.74) is 5.78. The van der Waals surface area contributed by atoms with Gasteiger partial charge < -0.3 is 9.47 Å². The van der Waals surface area contributed by atoms with Gasteiger partial charge in [-0.05, 0) is 46.4 Å². The van der Waals surface area contributed by atoms with Crippen LogP contribution in [0.25, 0.3) is 21.7 Å². The fraction of sp³-hybridized carbons (Fsp3) is 0.167. The zero-order valence-corrected chi connectivity index (χ0v) is 18.7. The van der Waals surface area contributed by atoms with Crippen LogP contribution in [-0.2, 0) is 19.9 Å². The van der Waals surface area contributed by atoms with Crippen LogP contribution in [0.2, 0.25) is 0 Å². The SMILES string of the molecule is Cn1cc(C(=O)N2CCc3ccccc3C2Cc2cccc3ccccc23)c2ccccc21. The van der Waals surface area contributed by atoms with Gasteiger partial charge in [0.2, 0.25) is 0 Å². The molecule has 2 heterocycles. The topological polar surface area (TPSA) is 25.2 Å². The van der Waals surface area contributed by atoms with Crippen LogP contribution in [0.4, 0.5) is 0 Å². The Balaban J connectivity index is 1.46. The lowest BCUT2D eigenvalue weighted by molar-refractivity contribution is 0.0662. The number of amides is 1. The highest BCUT2D eigenvalue weighted by Crippen LogP contribution is 2.36. The lowest BCUT2D eigenvalue weighted by Gasteiger charge is -2.38. The molecule has 0 N–H and O–H groups in total. The van der Waals surface area contributed by atoms with E-state index in [1.165, 1.54) is 27.5 Å². The Bertz CT molecular complexity index is 1490. The van der Waals surface area contributed by atoms with Crippen molar-refractivity contribution in [3.8, 4) is 0 Å². The molecule has 1 unspecified atom stereocenters. The van der Waals surface area contributed by atoms with Crippen LogP contribution in [0.3, 0.4) is 0 Å². The maximum atomic E-state index is 14.0. The highest BCUT2D eigenvalue weighted by molar-refractivity contribution is 6.07. The van der Waals surface area contributed by atoms with E-state index in [9.17, 15) is 4.79 Å². The van der Waals surface area contributed by atoms with E-state index in [1.54, 1.807) is 0 Å². The molecule has 0 spiro atoms. The van der Waals surface area contributed by atoms with Gasteiger partial charge in [0.25, 0.3) is 5.91 Å². The van der Waals surface area contributed by atoms with Crippen molar-refractivity contribution in [2.75, 3.05) is 6.54 Å². The molecule has 1 aromatic heterocycles. The van der Waals surface area contributed by atoms with E-state index in [1.807, 2.05) is 25.4 Å². The third-order valence-corrected chi connectivity index (χ3v) is 7.09. The Morgan fingerprint density at radius 2 is 1.58 bits per heavy atom. The minimum Gasteiger partial charge on any atom is -0.350 e. The molecule has 1 amide bonds. The third-order valence-electron chi connectivity index (χ3n) is 7.09. The number of benzene rings is 4. The molecule has 3 heteroatoms. The molecular weight excluding hydrogens is 404 g/mol. The number of para-hydroxylation sites is 1. The van der Waals surface area contributed by atoms with Crippen molar-refractivity contribution in [3.05, 3.63) is 119 Å². The van der Waals surface area contributed by atoms with Crippen LogP contribution in [-0.4, -0.2) is 21.9 Å². The van der Waals surface area contributed by atoms with Gasteiger partial charge in [-0.3, -0.25) is 4.79 Å². The molecule has 3 nitrogen and oxygen atoms in total. The van der Waals surface area contributed by atoms with Gasteiger partial charge in [-0.2, -0.15) is 0 Å². The molecule has 162 valence electrons. The summed E-state index contributed by atoms with van der Waals surface area (Å²) in [5, 5.41) is 3.53. The first-order valence-corrected chi connectivity index (χ1v) is 11.6. The van der Waals surface area contributed by atoms with Crippen molar-refractivity contribution in [1.82, 2.24) is 9.47 Å². The highest BCUT2D eigenvalue weighted by Gasteiger charge is 2.32. The van der Waals surface area contributed by atoms with Crippen LogP contribution in [0.15, 0.2) is 97.2 Å². The van der Waals surface area contributed by atoms with Gasteiger partial charge in [0.1, 0.15) is 0 Å². The summed E-state index contributed by atoms with van der Waals surface area (Å²) in [4.78, 5) is 16.1. The molecule has 33 heavy (non-hydrogen) atoms. The summed E-state index contributed by atoms with van der Waals surface area (Å²) in [7, 11) is 2.01. The van der Waals surface area contributed by atoms with Crippen molar-refractivity contribution in [3.63, 3.8) is 0 Å². The van der Waals surface area contributed by atoms with Crippen LogP contribution < -0.4 is 0 Å². The highest BCUT2D eigenvalue weighted by atomic mass is 16.2. The van der Waals surface area contributed by atoms with Gasteiger partial charge in [0.15, 0.2) is 0 Å². The standard InChI is InChI=1S/C30H26N2O/c1-31-20-27(26-15-6-7-16-28(26)31)30(33)32-18-17-22-10-3-5-14-25(22)29(32)19-23-12-8-11-21-9-2-4-13-24(21)23/h2-16,20,29H,17-19H2,1H3. The number of carbonyl (C=O) groups is 1. The Hall–Kier alpha value is -3.85. The summed E-state index contributed by atoms with van der Waals surface area (Å²) in [6, 6.07) is 31.8. The third kappa shape index (κ3) is 3.32. The summed E-state index contributed by atoms with van der Waals surface area (Å²) in [6.07, 6.45) is 3.68. The largest absolute Gasteiger partial charge is 0.350 e. The first-order valence-electron chi connectivity index (χ1n) is 11.6. The monoisotopic (exact) mass is 430 g/mol. The maximum Gasteiger partial charge on any atom is 0.256 e. The minimum absolute atomic E-state index is 0.00669. The minimum atomic E-state index is 0.00669. The van der Waals surface area contributed by atoms with Crippen molar-refractivity contribution >= 4 is 27.6 Å². The fourth-order valence-electron chi connectivity index (χ4n) is 5.46. The zero-order valence-electron chi connectivity index (χ0n) is 18.7. The van der Waals surface area contributed by atoms with Gasteiger partial charge in [0.05, 0.1) is 11.6 Å². The molecule has 1 aliphatic rings. The predicted molar refractivity (Wildman–Crippen MR) is 134 cm³/mol. The van der Waals surface area contributed by atoms with E-state index in [2.05, 4.69) is 88.3 Å². The van der Waals surface area contributed by atoms with Gasteiger partial charge >= 0.3 is 0 Å². The molecule has 0 saturated carbocycles. The molecule has 0 fully saturated rings. The summed E-state index contributed by atoms with van der Waals surface area (Å²) in [6.45, 7) is 0.731. The molecule has 0 bridgehead atoms. The average molecular weight is 431 g/mol. The fourth-order valence-corrected chi connectivity index (χ4v) is 5.46. The number of carbonyl (C=O) groups excluding carboxylic acids is 1. The Labute approximate surface area is 193 Å². The van der Waals surface area contributed by atoms with Gasteiger partial charge in [0, 0.05) is 30.7 Å². The van der Waals surface area contributed by atoms with Crippen LogP contribution >= 0.6 is 0 Å². The summed E-state index contributed by atoms with van der Waals surface area (Å²) in [5.74, 6) is 0.117. The molecular formula is C30H26N2O.